The van der Waals surface area contributed by atoms with Crippen molar-refractivity contribution in [1.29, 1.82) is 0 Å². The summed E-state index contributed by atoms with van der Waals surface area (Å²) in [7, 11) is 3.99. The van der Waals surface area contributed by atoms with Crippen LogP contribution in [0.1, 0.15) is 31.2 Å². The summed E-state index contributed by atoms with van der Waals surface area (Å²) in [5, 5.41) is 21.2. The molecular weight excluding hydrogens is 374 g/mol. The van der Waals surface area contributed by atoms with E-state index in [-0.39, 0.29) is 36.7 Å². The SMILES string of the molecule is CN1CCC(NCC2OC3CC(CC(=O)NCc4cnn(C)c4)OC3C2O)CC1. The van der Waals surface area contributed by atoms with E-state index in [1.54, 1.807) is 10.9 Å². The van der Waals surface area contributed by atoms with Gasteiger partial charge >= 0.3 is 0 Å². The average molecular weight is 408 g/mol. The van der Waals surface area contributed by atoms with E-state index in [2.05, 4.69) is 27.7 Å². The molecule has 0 radical (unpaired) electrons. The lowest BCUT2D eigenvalue weighted by Gasteiger charge is -2.30. The van der Waals surface area contributed by atoms with Crippen LogP contribution in [0.5, 0.6) is 0 Å². The summed E-state index contributed by atoms with van der Waals surface area (Å²) < 4.78 is 13.7. The number of aliphatic hydroxyl groups excluding tert-OH is 1. The maximum absolute atomic E-state index is 12.2. The number of likely N-dealkylation sites (tertiary alicyclic amines) is 1. The minimum Gasteiger partial charge on any atom is -0.388 e. The third-order valence-electron chi connectivity index (χ3n) is 6.27. The first-order chi connectivity index (χ1) is 14.0. The normalized spacial score (nSPS) is 33.1. The van der Waals surface area contributed by atoms with Crippen molar-refractivity contribution in [3.8, 4) is 0 Å². The Balaban J connectivity index is 1.17. The number of aromatic nitrogens is 2. The summed E-state index contributed by atoms with van der Waals surface area (Å²) in [6.07, 6.45) is 5.21. The lowest BCUT2D eigenvalue weighted by atomic mass is 10.0. The van der Waals surface area contributed by atoms with Crippen molar-refractivity contribution >= 4 is 5.91 Å². The van der Waals surface area contributed by atoms with Crippen LogP contribution >= 0.6 is 0 Å². The van der Waals surface area contributed by atoms with Crippen molar-refractivity contribution in [2.45, 2.75) is 68.8 Å². The first kappa shape index (κ1) is 20.7. The van der Waals surface area contributed by atoms with Gasteiger partial charge in [-0.2, -0.15) is 5.10 Å². The zero-order valence-electron chi connectivity index (χ0n) is 17.3. The molecule has 0 saturated carbocycles. The molecule has 3 aliphatic rings. The van der Waals surface area contributed by atoms with E-state index in [1.807, 2.05) is 13.2 Å². The van der Waals surface area contributed by atoms with Crippen molar-refractivity contribution < 1.29 is 19.4 Å². The molecule has 3 saturated heterocycles. The van der Waals surface area contributed by atoms with E-state index in [1.165, 1.54) is 0 Å². The first-order valence-corrected chi connectivity index (χ1v) is 10.6. The number of nitrogens with one attached hydrogen (secondary N) is 2. The number of carbonyl (C=O) groups excluding carboxylic acids is 1. The molecule has 0 aromatic carbocycles. The number of hydrogen-bond acceptors (Lipinski definition) is 7. The molecule has 162 valence electrons. The molecule has 3 fully saturated rings. The lowest BCUT2D eigenvalue weighted by Crippen LogP contribution is -2.46. The minimum absolute atomic E-state index is 0.0613. The Morgan fingerprint density at radius 3 is 2.79 bits per heavy atom. The van der Waals surface area contributed by atoms with Gasteiger partial charge in [-0.25, -0.2) is 0 Å². The van der Waals surface area contributed by atoms with Gasteiger partial charge in [0.15, 0.2) is 0 Å². The van der Waals surface area contributed by atoms with Gasteiger partial charge in [0.1, 0.15) is 12.2 Å². The standard InChI is InChI=1S/C20H33N5O4/c1-24-5-3-14(4-6-24)21-11-17-19(27)20-16(29-17)7-15(28-20)8-18(26)22-9-13-10-23-25(2)12-13/h10,12,14-17,19-21,27H,3-9,11H2,1-2H3,(H,22,26). The van der Waals surface area contributed by atoms with Crippen LogP contribution in [0.15, 0.2) is 12.4 Å². The Bertz CT molecular complexity index is 690. The monoisotopic (exact) mass is 407 g/mol. The van der Waals surface area contributed by atoms with Gasteiger partial charge in [-0.3, -0.25) is 9.48 Å². The zero-order valence-corrected chi connectivity index (χ0v) is 17.3. The van der Waals surface area contributed by atoms with Gasteiger partial charge in [0, 0.05) is 44.4 Å². The number of amides is 1. The van der Waals surface area contributed by atoms with Crippen LogP contribution in [-0.4, -0.2) is 88.9 Å². The summed E-state index contributed by atoms with van der Waals surface area (Å²) in [6.45, 7) is 3.30. The van der Waals surface area contributed by atoms with E-state index in [4.69, 9.17) is 9.47 Å². The topological polar surface area (TPSA) is 101 Å². The summed E-state index contributed by atoms with van der Waals surface area (Å²) in [5.74, 6) is -0.0613. The predicted molar refractivity (Wildman–Crippen MR) is 106 cm³/mol. The fraction of sp³-hybridized carbons (Fsp3) is 0.800. The molecule has 1 aromatic rings. The van der Waals surface area contributed by atoms with Crippen LogP contribution in [0.3, 0.4) is 0 Å². The molecule has 3 N–H and O–H groups in total. The second kappa shape index (κ2) is 9.09. The zero-order chi connectivity index (χ0) is 20.4. The Hall–Kier alpha value is -1.52. The maximum Gasteiger partial charge on any atom is 0.222 e. The third-order valence-corrected chi connectivity index (χ3v) is 6.27. The molecule has 9 nitrogen and oxygen atoms in total. The Labute approximate surface area is 171 Å². The largest absolute Gasteiger partial charge is 0.388 e. The van der Waals surface area contributed by atoms with E-state index in [0.29, 0.717) is 25.6 Å². The predicted octanol–water partition coefficient (Wildman–Crippen LogP) is -0.604. The Morgan fingerprint density at radius 2 is 2.10 bits per heavy atom. The highest BCUT2D eigenvalue weighted by molar-refractivity contribution is 5.76. The number of fused-ring (bicyclic) bond motifs is 1. The van der Waals surface area contributed by atoms with Crippen molar-refractivity contribution in [1.82, 2.24) is 25.3 Å². The quantitative estimate of drug-likeness (QED) is 0.555. The fourth-order valence-corrected chi connectivity index (χ4v) is 4.55. The molecule has 29 heavy (non-hydrogen) atoms. The van der Waals surface area contributed by atoms with Gasteiger partial charge in [-0.1, -0.05) is 0 Å². The molecule has 0 bridgehead atoms. The molecule has 1 amide bonds. The molecule has 4 heterocycles. The number of piperidine rings is 1. The van der Waals surface area contributed by atoms with Gasteiger partial charge in [-0.05, 0) is 33.0 Å². The molecule has 3 aliphatic heterocycles. The Morgan fingerprint density at radius 1 is 1.31 bits per heavy atom. The summed E-state index contributed by atoms with van der Waals surface area (Å²) >= 11 is 0. The molecule has 4 rings (SSSR count). The van der Waals surface area contributed by atoms with Crippen molar-refractivity contribution in [3.05, 3.63) is 18.0 Å². The van der Waals surface area contributed by atoms with E-state index < -0.39 is 6.10 Å². The highest BCUT2D eigenvalue weighted by Gasteiger charge is 2.50. The van der Waals surface area contributed by atoms with Crippen LogP contribution in [0.2, 0.25) is 0 Å². The lowest BCUT2D eigenvalue weighted by molar-refractivity contribution is -0.124. The second-order valence-electron chi connectivity index (χ2n) is 8.65. The highest BCUT2D eigenvalue weighted by Crippen LogP contribution is 2.35. The summed E-state index contributed by atoms with van der Waals surface area (Å²) in [6, 6.07) is 0.486. The van der Waals surface area contributed by atoms with Gasteiger partial charge in [-0.15, -0.1) is 0 Å². The number of aliphatic hydroxyl groups is 1. The van der Waals surface area contributed by atoms with E-state index >= 15 is 0 Å². The van der Waals surface area contributed by atoms with Gasteiger partial charge in [0.05, 0.1) is 30.9 Å². The molecule has 9 heteroatoms. The fourth-order valence-electron chi connectivity index (χ4n) is 4.55. The van der Waals surface area contributed by atoms with Crippen molar-refractivity contribution in [2.24, 2.45) is 7.05 Å². The van der Waals surface area contributed by atoms with Crippen molar-refractivity contribution in [3.63, 3.8) is 0 Å². The maximum atomic E-state index is 12.2. The van der Waals surface area contributed by atoms with Crippen LogP contribution in [-0.2, 0) is 27.9 Å². The molecule has 0 spiro atoms. The van der Waals surface area contributed by atoms with Gasteiger partial charge in [0.2, 0.25) is 5.91 Å². The number of nitrogens with zero attached hydrogens (tertiary/aromatic N) is 3. The number of ether oxygens (including phenoxy) is 2. The summed E-state index contributed by atoms with van der Waals surface area (Å²) in [5.41, 5.74) is 0.962. The van der Waals surface area contributed by atoms with Crippen LogP contribution < -0.4 is 10.6 Å². The number of carbonyl (C=O) groups is 1. The number of aryl methyl sites for hydroxylation is 1. The van der Waals surface area contributed by atoms with E-state index in [0.717, 1.165) is 31.5 Å². The number of hydrogen-bond donors (Lipinski definition) is 3. The van der Waals surface area contributed by atoms with Crippen LogP contribution in [0.25, 0.3) is 0 Å². The highest BCUT2D eigenvalue weighted by atomic mass is 16.6. The minimum atomic E-state index is -0.651. The van der Waals surface area contributed by atoms with Gasteiger partial charge in [0.25, 0.3) is 0 Å². The van der Waals surface area contributed by atoms with Crippen LogP contribution in [0, 0.1) is 0 Å². The van der Waals surface area contributed by atoms with Crippen molar-refractivity contribution in [2.75, 3.05) is 26.7 Å². The molecule has 5 unspecified atom stereocenters. The summed E-state index contributed by atoms with van der Waals surface area (Å²) in [4.78, 5) is 14.5. The smallest absolute Gasteiger partial charge is 0.222 e. The first-order valence-electron chi connectivity index (χ1n) is 10.6. The average Bonchev–Trinajstić information content (AvgIpc) is 3.36. The van der Waals surface area contributed by atoms with Gasteiger partial charge < -0.3 is 30.1 Å². The molecule has 1 aromatic heterocycles. The molecule has 0 aliphatic carbocycles. The van der Waals surface area contributed by atoms with Crippen LogP contribution in [0.4, 0.5) is 0 Å². The molecular formula is C20H33N5O4. The number of rotatable bonds is 7. The Kier molecular flexibility index (Phi) is 6.50. The third kappa shape index (κ3) is 5.16. The molecule has 5 atom stereocenters. The van der Waals surface area contributed by atoms with E-state index in [9.17, 15) is 9.90 Å². The second-order valence-corrected chi connectivity index (χ2v) is 8.65.